The van der Waals surface area contributed by atoms with E-state index in [2.05, 4.69) is 0 Å². The molecule has 0 saturated carbocycles. The van der Waals surface area contributed by atoms with Gasteiger partial charge < -0.3 is 23.5 Å². The molecule has 3 aromatic rings. The molecule has 0 radical (unpaired) electrons. The number of hydrogen-bond donors (Lipinski definition) is 0. The largest absolute Gasteiger partial charge is 0.496 e. The van der Waals surface area contributed by atoms with Crippen LogP contribution in [0.15, 0.2) is 57.9 Å². The maximum absolute atomic E-state index is 13.7. The van der Waals surface area contributed by atoms with Gasteiger partial charge in [0.15, 0.2) is 0 Å². The van der Waals surface area contributed by atoms with Crippen LogP contribution in [0.3, 0.4) is 0 Å². The van der Waals surface area contributed by atoms with Crippen LogP contribution in [0.2, 0.25) is 0 Å². The topological polar surface area (TPSA) is 85.0 Å². The van der Waals surface area contributed by atoms with Crippen LogP contribution in [-0.2, 0) is 24.2 Å². The van der Waals surface area contributed by atoms with Gasteiger partial charge in [0.25, 0.3) is 11.5 Å². The number of hydrogen-bond acceptors (Lipinski definition) is 5. The van der Waals surface area contributed by atoms with E-state index >= 15 is 0 Å². The number of nitrogens with zero attached hydrogens (tertiary/aromatic N) is 3. The highest BCUT2D eigenvalue weighted by atomic mass is 16.5. The number of aromatic nitrogens is 1. The molecule has 8 nitrogen and oxygen atoms in total. The summed E-state index contributed by atoms with van der Waals surface area (Å²) in [7, 11) is 3.16. The van der Waals surface area contributed by atoms with E-state index in [0.717, 1.165) is 5.56 Å². The van der Waals surface area contributed by atoms with Crippen LogP contribution in [0.5, 0.6) is 5.75 Å². The van der Waals surface area contributed by atoms with Gasteiger partial charge in [0.2, 0.25) is 5.91 Å². The first-order valence-corrected chi connectivity index (χ1v) is 12.2. The summed E-state index contributed by atoms with van der Waals surface area (Å²) in [6, 6.07) is 12.8. The van der Waals surface area contributed by atoms with Crippen LogP contribution in [0.1, 0.15) is 52.3 Å². The fourth-order valence-electron chi connectivity index (χ4n) is 4.63. The first kappa shape index (κ1) is 25.3. The van der Waals surface area contributed by atoms with E-state index in [1.807, 2.05) is 44.2 Å². The van der Waals surface area contributed by atoms with Gasteiger partial charge in [-0.3, -0.25) is 14.4 Å². The van der Waals surface area contributed by atoms with Crippen molar-refractivity contribution in [3.8, 4) is 5.75 Å². The summed E-state index contributed by atoms with van der Waals surface area (Å²) in [4.78, 5) is 43.0. The molecule has 0 saturated heterocycles. The van der Waals surface area contributed by atoms with E-state index in [4.69, 9.17) is 9.15 Å². The number of rotatable bonds is 7. The SMILES string of the molecule is COc1cc(=O)n2c(c1C(=O)N(C)C(C)c1ccco1)CCN(C(=O)CCc1ccc(C)cc1)CC2. The average Bonchev–Trinajstić information content (AvgIpc) is 3.33. The van der Waals surface area contributed by atoms with Crippen molar-refractivity contribution >= 4 is 11.8 Å². The van der Waals surface area contributed by atoms with Crippen LogP contribution in [0.25, 0.3) is 0 Å². The zero-order valence-electron chi connectivity index (χ0n) is 21.3. The minimum Gasteiger partial charge on any atom is -0.496 e. The number of carbonyl (C=O) groups excluding carboxylic acids is 2. The Labute approximate surface area is 211 Å². The highest BCUT2D eigenvalue weighted by Crippen LogP contribution is 2.28. The lowest BCUT2D eigenvalue weighted by Gasteiger charge is -2.26. The van der Waals surface area contributed by atoms with Crippen LogP contribution >= 0.6 is 0 Å². The third kappa shape index (κ3) is 5.22. The van der Waals surface area contributed by atoms with Crippen molar-refractivity contribution in [2.75, 3.05) is 27.2 Å². The molecule has 1 unspecified atom stereocenters. The minimum absolute atomic E-state index is 0.0415. The van der Waals surface area contributed by atoms with Crippen LogP contribution in [0.4, 0.5) is 0 Å². The number of benzene rings is 1. The first-order chi connectivity index (χ1) is 17.3. The van der Waals surface area contributed by atoms with Crippen LogP contribution in [-0.4, -0.2) is 53.4 Å². The Morgan fingerprint density at radius 1 is 1.14 bits per heavy atom. The van der Waals surface area contributed by atoms with Crippen molar-refractivity contribution in [3.63, 3.8) is 0 Å². The second-order valence-corrected chi connectivity index (χ2v) is 9.25. The lowest BCUT2D eigenvalue weighted by molar-refractivity contribution is -0.131. The Hall–Kier alpha value is -3.81. The number of carbonyl (C=O) groups is 2. The second-order valence-electron chi connectivity index (χ2n) is 9.25. The number of amides is 2. The number of furan rings is 1. The summed E-state index contributed by atoms with van der Waals surface area (Å²) < 4.78 is 12.6. The lowest BCUT2D eigenvalue weighted by Crippen LogP contribution is -2.34. The molecule has 2 amide bonds. The van der Waals surface area contributed by atoms with Crippen molar-refractivity contribution in [1.82, 2.24) is 14.4 Å². The normalized spacial score (nSPS) is 14.1. The van der Waals surface area contributed by atoms with Crippen LogP contribution < -0.4 is 10.3 Å². The van der Waals surface area contributed by atoms with E-state index in [9.17, 15) is 14.4 Å². The van der Waals surface area contributed by atoms with Crippen molar-refractivity contribution in [2.24, 2.45) is 0 Å². The van der Waals surface area contributed by atoms with Gasteiger partial charge >= 0.3 is 0 Å². The quantitative estimate of drug-likeness (QED) is 0.504. The first-order valence-electron chi connectivity index (χ1n) is 12.2. The number of ether oxygens (including phenoxy) is 1. The Kier molecular flexibility index (Phi) is 7.62. The molecule has 0 spiro atoms. The molecule has 3 heterocycles. The van der Waals surface area contributed by atoms with Gasteiger partial charge in [0.05, 0.1) is 19.4 Å². The fourth-order valence-corrected chi connectivity index (χ4v) is 4.63. The predicted octanol–water partition coefficient (Wildman–Crippen LogP) is 3.61. The number of pyridine rings is 1. The average molecular weight is 492 g/mol. The third-order valence-corrected chi connectivity index (χ3v) is 6.98. The maximum atomic E-state index is 13.7. The van der Waals surface area contributed by atoms with Gasteiger partial charge in [0, 0.05) is 51.3 Å². The molecule has 1 aliphatic heterocycles. The smallest absolute Gasteiger partial charge is 0.259 e. The second kappa shape index (κ2) is 10.8. The molecule has 8 heteroatoms. The van der Waals surface area contributed by atoms with Crippen molar-refractivity contribution in [3.05, 3.63) is 87.2 Å². The summed E-state index contributed by atoms with van der Waals surface area (Å²) in [5.41, 5.74) is 3.01. The zero-order chi connectivity index (χ0) is 25.8. The highest BCUT2D eigenvalue weighted by molar-refractivity contribution is 5.98. The molecule has 4 rings (SSSR count). The van der Waals surface area contributed by atoms with Gasteiger partial charge in [0.1, 0.15) is 17.1 Å². The Morgan fingerprint density at radius 3 is 2.56 bits per heavy atom. The highest BCUT2D eigenvalue weighted by Gasteiger charge is 2.30. The molecular weight excluding hydrogens is 458 g/mol. The van der Waals surface area contributed by atoms with Crippen LogP contribution in [0, 0.1) is 6.92 Å². The van der Waals surface area contributed by atoms with Gasteiger partial charge in [-0.05, 0) is 38.0 Å². The molecule has 36 heavy (non-hydrogen) atoms. The van der Waals surface area contributed by atoms with E-state index < -0.39 is 0 Å². The van der Waals surface area contributed by atoms with Gasteiger partial charge in [-0.25, -0.2) is 0 Å². The monoisotopic (exact) mass is 491 g/mol. The molecule has 0 N–H and O–H groups in total. The van der Waals surface area contributed by atoms with Crippen molar-refractivity contribution in [1.29, 1.82) is 0 Å². The molecule has 0 fully saturated rings. The third-order valence-electron chi connectivity index (χ3n) is 6.98. The number of fused-ring (bicyclic) bond motifs is 1. The van der Waals surface area contributed by atoms with Crippen molar-refractivity contribution < 1.29 is 18.7 Å². The molecule has 0 bridgehead atoms. The lowest BCUT2D eigenvalue weighted by atomic mass is 10.1. The summed E-state index contributed by atoms with van der Waals surface area (Å²) in [6.45, 7) is 5.09. The maximum Gasteiger partial charge on any atom is 0.259 e. The molecule has 1 atom stereocenters. The minimum atomic E-state index is -0.310. The van der Waals surface area contributed by atoms with Crippen molar-refractivity contribution in [2.45, 2.75) is 45.7 Å². The summed E-state index contributed by atoms with van der Waals surface area (Å²) in [5, 5.41) is 0. The fraction of sp³-hybridized carbons (Fsp3) is 0.393. The molecule has 2 aromatic heterocycles. The molecule has 0 aliphatic carbocycles. The Morgan fingerprint density at radius 2 is 1.89 bits per heavy atom. The van der Waals surface area contributed by atoms with E-state index in [1.165, 1.54) is 18.7 Å². The van der Waals surface area contributed by atoms with E-state index in [1.54, 1.807) is 33.7 Å². The Bertz CT molecular complexity index is 1280. The molecular formula is C28H33N3O5. The Balaban J connectivity index is 1.55. The number of methoxy groups -OCH3 is 1. The van der Waals surface area contributed by atoms with E-state index in [0.29, 0.717) is 55.9 Å². The number of aryl methyl sites for hydroxylation is 2. The van der Waals surface area contributed by atoms with E-state index in [-0.39, 0.29) is 29.2 Å². The van der Waals surface area contributed by atoms with Gasteiger partial charge in [-0.1, -0.05) is 29.8 Å². The standard InChI is InChI=1S/C28H33N3O5/c1-19-7-9-21(10-8-19)11-12-25(32)30-14-13-22-27(24(35-4)18-26(33)31(22)16-15-30)28(34)29(3)20(2)23-6-5-17-36-23/h5-10,17-18,20H,11-16H2,1-4H3. The molecule has 1 aliphatic rings. The summed E-state index contributed by atoms with van der Waals surface area (Å²) >= 11 is 0. The molecule has 190 valence electrons. The molecule has 1 aromatic carbocycles. The predicted molar refractivity (Wildman–Crippen MR) is 136 cm³/mol. The summed E-state index contributed by atoms with van der Waals surface area (Å²) in [6.07, 6.45) is 3.01. The van der Waals surface area contributed by atoms with Gasteiger partial charge in [-0.15, -0.1) is 0 Å². The van der Waals surface area contributed by atoms with Gasteiger partial charge in [-0.2, -0.15) is 0 Å². The summed E-state index contributed by atoms with van der Waals surface area (Å²) in [5.74, 6) is 0.682. The zero-order valence-corrected chi connectivity index (χ0v) is 21.3.